The van der Waals surface area contributed by atoms with Crippen LogP contribution in [-0.4, -0.2) is 24.1 Å². The first kappa shape index (κ1) is 19.3. The molecule has 0 unspecified atom stereocenters. The molecular weight excluding hydrogens is 386 g/mol. The SMILES string of the molecule is CC(C)(C(=O)Cc1cc(-c2ccccc2)no1)S(=O)(=O)c1ccc(Cl)cc1. The van der Waals surface area contributed by atoms with Crippen LogP contribution in [0, 0.1) is 0 Å². The van der Waals surface area contributed by atoms with Crippen LogP contribution in [0.15, 0.2) is 70.1 Å². The summed E-state index contributed by atoms with van der Waals surface area (Å²) in [4.78, 5) is 12.8. The van der Waals surface area contributed by atoms with Gasteiger partial charge in [0.15, 0.2) is 15.6 Å². The van der Waals surface area contributed by atoms with Gasteiger partial charge in [-0.1, -0.05) is 47.1 Å². The normalized spacial score (nSPS) is 12.1. The molecule has 0 saturated heterocycles. The third-order valence-corrected chi connectivity index (χ3v) is 7.15. The van der Waals surface area contributed by atoms with Gasteiger partial charge in [0.05, 0.1) is 11.3 Å². The van der Waals surface area contributed by atoms with Gasteiger partial charge >= 0.3 is 0 Å². The fourth-order valence-corrected chi connectivity index (χ4v) is 4.15. The molecule has 3 rings (SSSR count). The molecule has 0 fully saturated rings. The predicted octanol–water partition coefficient (Wildman–Crippen LogP) is 4.36. The molecular formula is C20H18ClNO4S. The largest absolute Gasteiger partial charge is 0.360 e. The maximum atomic E-state index is 12.9. The lowest BCUT2D eigenvalue weighted by atomic mass is 10.0. The second-order valence-corrected chi connectivity index (χ2v) is 9.55. The number of carbonyl (C=O) groups is 1. The minimum atomic E-state index is -3.89. The van der Waals surface area contributed by atoms with E-state index in [-0.39, 0.29) is 11.3 Å². The summed E-state index contributed by atoms with van der Waals surface area (Å²) >= 11 is 5.82. The van der Waals surface area contributed by atoms with Gasteiger partial charge in [-0.05, 0) is 38.1 Å². The summed E-state index contributed by atoms with van der Waals surface area (Å²) in [5.74, 6) is -0.161. The van der Waals surface area contributed by atoms with Crippen molar-refractivity contribution < 1.29 is 17.7 Å². The van der Waals surface area contributed by atoms with E-state index >= 15 is 0 Å². The fourth-order valence-electron chi connectivity index (χ4n) is 2.57. The lowest BCUT2D eigenvalue weighted by Gasteiger charge is -2.23. The van der Waals surface area contributed by atoms with Crippen molar-refractivity contribution in [2.45, 2.75) is 29.9 Å². The number of hydrogen-bond acceptors (Lipinski definition) is 5. The van der Waals surface area contributed by atoms with E-state index in [0.29, 0.717) is 16.5 Å². The Labute approximate surface area is 162 Å². The average Bonchev–Trinajstić information content (AvgIpc) is 3.11. The number of benzene rings is 2. The Kier molecular flexibility index (Phi) is 5.22. The quantitative estimate of drug-likeness (QED) is 0.611. The zero-order chi connectivity index (χ0) is 19.7. The number of nitrogens with zero attached hydrogens (tertiary/aromatic N) is 1. The number of hydrogen-bond donors (Lipinski definition) is 0. The summed E-state index contributed by atoms with van der Waals surface area (Å²) in [5, 5.41) is 4.38. The molecule has 27 heavy (non-hydrogen) atoms. The first-order chi connectivity index (χ1) is 12.7. The number of halogens is 1. The van der Waals surface area contributed by atoms with Gasteiger partial charge < -0.3 is 4.52 Å². The van der Waals surface area contributed by atoms with Gasteiger partial charge in [0.1, 0.15) is 16.2 Å². The van der Waals surface area contributed by atoms with Crippen LogP contribution in [0.4, 0.5) is 0 Å². The van der Waals surface area contributed by atoms with Crippen molar-refractivity contribution in [1.29, 1.82) is 0 Å². The third-order valence-electron chi connectivity index (χ3n) is 4.43. The highest BCUT2D eigenvalue weighted by atomic mass is 35.5. The summed E-state index contributed by atoms with van der Waals surface area (Å²) in [7, 11) is -3.89. The van der Waals surface area contributed by atoms with Gasteiger partial charge in [-0.25, -0.2) is 8.42 Å². The van der Waals surface area contributed by atoms with Crippen molar-refractivity contribution in [1.82, 2.24) is 5.16 Å². The second-order valence-electron chi connectivity index (χ2n) is 6.61. The van der Waals surface area contributed by atoms with Gasteiger partial charge in [0.2, 0.25) is 0 Å². The lowest BCUT2D eigenvalue weighted by Crippen LogP contribution is -2.41. The molecule has 0 amide bonds. The fraction of sp³-hybridized carbons (Fsp3) is 0.200. The van der Waals surface area contributed by atoms with E-state index in [1.807, 2.05) is 30.3 Å². The summed E-state index contributed by atoms with van der Waals surface area (Å²) < 4.78 is 29.4. The number of sulfone groups is 1. The lowest BCUT2D eigenvalue weighted by molar-refractivity contribution is -0.120. The van der Waals surface area contributed by atoms with Crippen LogP contribution in [0.3, 0.4) is 0 Å². The minimum absolute atomic E-state index is 0.0489. The molecule has 0 bridgehead atoms. The first-order valence-corrected chi connectivity index (χ1v) is 10.1. The topological polar surface area (TPSA) is 77.2 Å². The molecule has 0 aliphatic heterocycles. The number of rotatable bonds is 6. The van der Waals surface area contributed by atoms with Crippen LogP contribution < -0.4 is 0 Å². The molecule has 0 N–H and O–H groups in total. The van der Waals surface area contributed by atoms with Gasteiger partial charge in [-0.15, -0.1) is 0 Å². The Morgan fingerprint density at radius 3 is 2.33 bits per heavy atom. The van der Waals surface area contributed by atoms with Crippen molar-refractivity contribution in [2.24, 2.45) is 0 Å². The van der Waals surface area contributed by atoms with Gasteiger partial charge in [-0.3, -0.25) is 4.79 Å². The predicted molar refractivity (Wildman–Crippen MR) is 103 cm³/mol. The molecule has 2 aromatic carbocycles. The maximum Gasteiger partial charge on any atom is 0.190 e. The zero-order valence-electron chi connectivity index (χ0n) is 14.8. The highest BCUT2D eigenvalue weighted by molar-refractivity contribution is 7.93. The van der Waals surface area contributed by atoms with E-state index in [2.05, 4.69) is 5.16 Å². The van der Waals surface area contributed by atoms with E-state index in [0.717, 1.165) is 5.56 Å². The van der Waals surface area contributed by atoms with Crippen molar-refractivity contribution in [3.8, 4) is 11.3 Å². The van der Waals surface area contributed by atoms with Crippen molar-refractivity contribution in [3.05, 3.63) is 71.4 Å². The van der Waals surface area contributed by atoms with Crippen LogP contribution in [-0.2, 0) is 21.1 Å². The Balaban J connectivity index is 1.82. The molecule has 140 valence electrons. The Bertz CT molecular complexity index is 1050. The maximum absolute atomic E-state index is 12.9. The van der Waals surface area contributed by atoms with Gasteiger partial charge in [0, 0.05) is 16.7 Å². The average molecular weight is 404 g/mol. The monoisotopic (exact) mass is 403 g/mol. The van der Waals surface area contributed by atoms with E-state index in [4.69, 9.17) is 16.1 Å². The minimum Gasteiger partial charge on any atom is -0.360 e. The Morgan fingerprint density at radius 1 is 1.07 bits per heavy atom. The van der Waals surface area contributed by atoms with Crippen LogP contribution >= 0.6 is 11.6 Å². The summed E-state index contributed by atoms with van der Waals surface area (Å²) in [6, 6.07) is 16.8. The van der Waals surface area contributed by atoms with Crippen LogP contribution in [0.2, 0.25) is 5.02 Å². The Morgan fingerprint density at radius 2 is 1.70 bits per heavy atom. The van der Waals surface area contributed by atoms with Gasteiger partial charge in [-0.2, -0.15) is 0 Å². The molecule has 0 saturated carbocycles. The molecule has 3 aromatic rings. The number of Topliss-reactive ketones (excluding diaryl/α,β-unsaturated/α-hetero) is 1. The molecule has 0 aliphatic rings. The molecule has 0 spiro atoms. The first-order valence-electron chi connectivity index (χ1n) is 8.26. The van der Waals surface area contributed by atoms with E-state index in [1.165, 1.54) is 38.1 Å². The van der Waals surface area contributed by atoms with E-state index < -0.39 is 20.4 Å². The van der Waals surface area contributed by atoms with E-state index in [1.54, 1.807) is 6.07 Å². The van der Waals surface area contributed by atoms with Crippen molar-refractivity contribution >= 4 is 27.2 Å². The van der Waals surface area contributed by atoms with Crippen LogP contribution in [0.1, 0.15) is 19.6 Å². The molecule has 0 atom stereocenters. The third kappa shape index (κ3) is 3.82. The molecule has 5 nitrogen and oxygen atoms in total. The van der Waals surface area contributed by atoms with E-state index in [9.17, 15) is 13.2 Å². The van der Waals surface area contributed by atoms with Crippen LogP contribution in [0.5, 0.6) is 0 Å². The summed E-state index contributed by atoms with van der Waals surface area (Å²) in [6.45, 7) is 2.79. The highest BCUT2D eigenvalue weighted by Crippen LogP contribution is 2.29. The zero-order valence-corrected chi connectivity index (χ0v) is 16.4. The van der Waals surface area contributed by atoms with Crippen molar-refractivity contribution in [3.63, 3.8) is 0 Å². The standard InChI is InChI=1S/C20H18ClNO4S/c1-20(2,27(24,25)17-10-8-15(21)9-11-17)19(23)13-16-12-18(22-26-16)14-6-4-3-5-7-14/h3-12H,13H2,1-2H3. The molecule has 1 aromatic heterocycles. The summed E-state index contributed by atoms with van der Waals surface area (Å²) in [6.07, 6.45) is -0.167. The smallest absolute Gasteiger partial charge is 0.190 e. The van der Waals surface area contributed by atoms with Gasteiger partial charge in [0.25, 0.3) is 0 Å². The number of carbonyl (C=O) groups excluding carboxylic acids is 1. The number of ketones is 1. The Hall–Kier alpha value is -2.44. The molecule has 7 heteroatoms. The summed E-state index contributed by atoms with van der Waals surface area (Å²) in [5.41, 5.74) is 1.45. The molecule has 0 aliphatic carbocycles. The second kappa shape index (κ2) is 7.29. The highest BCUT2D eigenvalue weighted by Gasteiger charge is 2.42. The molecule has 0 radical (unpaired) electrons. The molecule has 1 heterocycles. The van der Waals surface area contributed by atoms with Crippen LogP contribution in [0.25, 0.3) is 11.3 Å². The number of aromatic nitrogens is 1. The van der Waals surface area contributed by atoms with Crippen molar-refractivity contribution in [2.75, 3.05) is 0 Å².